The van der Waals surface area contributed by atoms with E-state index in [4.69, 9.17) is 0 Å². The maximum Gasteiger partial charge on any atom is 0.235 e. The second-order valence-electron chi connectivity index (χ2n) is 4.73. The molecular weight excluding hydrogens is 217 g/mol. The van der Waals surface area contributed by atoms with E-state index in [1.54, 1.807) is 6.07 Å². The van der Waals surface area contributed by atoms with E-state index in [1.807, 2.05) is 0 Å². The van der Waals surface area contributed by atoms with Crippen LogP contribution in [0.1, 0.15) is 45.1 Å². The summed E-state index contributed by atoms with van der Waals surface area (Å²) in [6.45, 7) is 4.12. The Balaban J connectivity index is 2.52. The normalized spacial score (nSPS) is 16.8. The highest BCUT2D eigenvalue weighted by molar-refractivity contribution is 6.06. The minimum absolute atomic E-state index is 0.0294. The van der Waals surface area contributed by atoms with Crippen LogP contribution >= 0.6 is 0 Å². The van der Waals surface area contributed by atoms with Crippen molar-refractivity contribution < 1.29 is 9.18 Å². The molecule has 2 nitrogen and oxygen atoms in total. The summed E-state index contributed by atoms with van der Waals surface area (Å²) in [4.78, 5) is 12.2. The zero-order valence-corrected chi connectivity index (χ0v) is 10.3. The van der Waals surface area contributed by atoms with Gasteiger partial charge in [0, 0.05) is 5.69 Å². The zero-order valence-electron chi connectivity index (χ0n) is 10.3. The third-order valence-corrected chi connectivity index (χ3v) is 3.53. The van der Waals surface area contributed by atoms with Crippen LogP contribution in [0.2, 0.25) is 0 Å². The molecule has 1 amide bonds. The van der Waals surface area contributed by atoms with Gasteiger partial charge < -0.3 is 5.32 Å². The fourth-order valence-corrected chi connectivity index (χ4v) is 2.86. The summed E-state index contributed by atoms with van der Waals surface area (Å²) >= 11 is 0. The highest BCUT2D eigenvalue weighted by atomic mass is 19.1. The number of halogens is 1. The number of rotatable bonds is 4. The third kappa shape index (κ3) is 1.84. The number of hydrogen-bond acceptors (Lipinski definition) is 1. The molecule has 1 heterocycles. The van der Waals surface area contributed by atoms with Crippen LogP contribution in [-0.4, -0.2) is 5.91 Å². The Bertz CT molecular complexity index is 436. The van der Waals surface area contributed by atoms with Crippen LogP contribution < -0.4 is 5.32 Å². The van der Waals surface area contributed by atoms with E-state index in [0.29, 0.717) is 0 Å². The number of hydrogen-bond donors (Lipinski definition) is 1. The van der Waals surface area contributed by atoms with E-state index in [1.165, 1.54) is 12.1 Å². The van der Waals surface area contributed by atoms with E-state index in [9.17, 15) is 9.18 Å². The van der Waals surface area contributed by atoms with Gasteiger partial charge >= 0.3 is 0 Å². The number of fused-ring (bicyclic) bond motifs is 1. The number of nitrogens with one attached hydrogen (secondary N) is 1. The predicted octanol–water partition coefficient (Wildman–Crippen LogP) is 3.62. The van der Waals surface area contributed by atoms with Gasteiger partial charge in [0.1, 0.15) is 5.82 Å². The Kier molecular flexibility index (Phi) is 3.18. The molecule has 0 fully saturated rings. The van der Waals surface area contributed by atoms with Gasteiger partial charge in [-0.1, -0.05) is 26.7 Å². The van der Waals surface area contributed by atoms with Crippen molar-refractivity contribution in [3.8, 4) is 0 Å². The fourth-order valence-electron chi connectivity index (χ4n) is 2.86. The molecule has 0 saturated heterocycles. The average Bonchev–Trinajstić information content (AvgIpc) is 2.54. The number of benzene rings is 1. The van der Waals surface area contributed by atoms with Crippen molar-refractivity contribution in [2.24, 2.45) is 0 Å². The van der Waals surface area contributed by atoms with Gasteiger partial charge in [-0.25, -0.2) is 4.39 Å². The van der Waals surface area contributed by atoms with Gasteiger partial charge in [0.15, 0.2) is 0 Å². The minimum atomic E-state index is -0.513. The maximum atomic E-state index is 13.4. The molecule has 0 aromatic heterocycles. The first-order valence-electron chi connectivity index (χ1n) is 6.25. The van der Waals surface area contributed by atoms with Crippen LogP contribution in [-0.2, 0) is 10.2 Å². The summed E-state index contributed by atoms with van der Waals surface area (Å²) < 4.78 is 13.4. The summed E-state index contributed by atoms with van der Waals surface area (Å²) in [5.74, 6) is -0.237. The second kappa shape index (κ2) is 4.47. The van der Waals surface area contributed by atoms with E-state index >= 15 is 0 Å². The van der Waals surface area contributed by atoms with Crippen LogP contribution in [0.25, 0.3) is 0 Å². The van der Waals surface area contributed by atoms with E-state index in [-0.39, 0.29) is 11.7 Å². The van der Waals surface area contributed by atoms with E-state index in [0.717, 1.165) is 36.9 Å². The quantitative estimate of drug-likeness (QED) is 0.848. The van der Waals surface area contributed by atoms with Crippen molar-refractivity contribution >= 4 is 11.6 Å². The maximum absolute atomic E-state index is 13.4. The SMILES string of the molecule is CCCC1(CCC)C(=O)Nc2ccc(F)cc21. The van der Waals surface area contributed by atoms with Gasteiger partial charge in [0.25, 0.3) is 0 Å². The lowest BCUT2D eigenvalue weighted by atomic mass is 9.74. The molecule has 17 heavy (non-hydrogen) atoms. The van der Waals surface area contributed by atoms with Crippen molar-refractivity contribution in [3.63, 3.8) is 0 Å². The molecule has 1 aliphatic heterocycles. The Hall–Kier alpha value is -1.38. The van der Waals surface area contributed by atoms with Crippen LogP contribution in [0, 0.1) is 5.82 Å². The van der Waals surface area contributed by atoms with E-state index in [2.05, 4.69) is 19.2 Å². The van der Waals surface area contributed by atoms with Crippen molar-refractivity contribution in [2.75, 3.05) is 5.32 Å². The molecule has 0 aliphatic carbocycles. The largest absolute Gasteiger partial charge is 0.325 e. The van der Waals surface area contributed by atoms with Gasteiger partial charge in [-0.2, -0.15) is 0 Å². The van der Waals surface area contributed by atoms with Gasteiger partial charge in [-0.05, 0) is 36.6 Å². The second-order valence-corrected chi connectivity index (χ2v) is 4.73. The molecule has 1 aliphatic rings. The smallest absolute Gasteiger partial charge is 0.235 e. The van der Waals surface area contributed by atoms with Gasteiger partial charge in [-0.15, -0.1) is 0 Å². The zero-order chi connectivity index (χ0) is 12.5. The summed E-state index contributed by atoms with van der Waals surface area (Å²) in [5.41, 5.74) is 1.10. The van der Waals surface area contributed by atoms with Crippen molar-refractivity contribution in [1.29, 1.82) is 0 Å². The van der Waals surface area contributed by atoms with Crippen molar-refractivity contribution in [1.82, 2.24) is 0 Å². The minimum Gasteiger partial charge on any atom is -0.325 e. The molecule has 0 atom stereocenters. The molecule has 2 rings (SSSR count). The van der Waals surface area contributed by atoms with Crippen molar-refractivity contribution in [2.45, 2.75) is 44.9 Å². The highest BCUT2D eigenvalue weighted by Crippen LogP contribution is 2.44. The van der Waals surface area contributed by atoms with Crippen molar-refractivity contribution in [3.05, 3.63) is 29.6 Å². The summed E-state index contributed by atoms with van der Waals surface area (Å²) in [6, 6.07) is 4.57. The molecule has 3 heteroatoms. The Morgan fingerprint density at radius 3 is 2.47 bits per heavy atom. The Morgan fingerprint density at radius 2 is 1.88 bits per heavy atom. The predicted molar refractivity (Wildman–Crippen MR) is 66.5 cm³/mol. The Morgan fingerprint density at radius 1 is 1.24 bits per heavy atom. The lowest BCUT2D eigenvalue weighted by Gasteiger charge is -2.26. The number of carbonyl (C=O) groups excluding carboxylic acids is 1. The molecule has 0 spiro atoms. The van der Waals surface area contributed by atoms with E-state index < -0.39 is 5.41 Å². The third-order valence-electron chi connectivity index (χ3n) is 3.53. The first-order valence-corrected chi connectivity index (χ1v) is 6.25. The topological polar surface area (TPSA) is 29.1 Å². The number of carbonyl (C=O) groups is 1. The van der Waals surface area contributed by atoms with Gasteiger partial charge in [0.2, 0.25) is 5.91 Å². The molecule has 0 saturated carbocycles. The summed E-state index contributed by atoms with van der Waals surface area (Å²) in [6.07, 6.45) is 3.40. The lowest BCUT2D eigenvalue weighted by Crippen LogP contribution is -2.34. The summed E-state index contributed by atoms with van der Waals surface area (Å²) in [7, 11) is 0. The van der Waals surface area contributed by atoms with Crippen LogP contribution in [0.5, 0.6) is 0 Å². The first kappa shape index (κ1) is 12.1. The lowest BCUT2D eigenvalue weighted by molar-refractivity contribution is -0.121. The van der Waals surface area contributed by atoms with Crippen LogP contribution in [0.15, 0.2) is 18.2 Å². The van der Waals surface area contributed by atoms with Crippen LogP contribution in [0.3, 0.4) is 0 Å². The molecule has 92 valence electrons. The average molecular weight is 235 g/mol. The molecular formula is C14H18FNO. The standard InChI is InChI=1S/C14H18FNO/c1-3-7-14(8-4-2)11-9-10(15)5-6-12(11)16-13(14)17/h5-6,9H,3-4,7-8H2,1-2H3,(H,16,17). The molecule has 0 radical (unpaired) electrons. The highest BCUT2D eigenvalue weighted by Gasteiger charge is 2.45. The van der Waals surface area contributed by atoms with Crippen LogP contribution in [0.4, 0.5) is 10.1 Å². The monoisotopic (exact) mass is 235 g/mol. The fraction of sp³-hybridized carbons (Fsp3) is 0.500. The molecule has 1 aromatic rings. The van der Waals surface area contributed by atoms with Gasteiger partial charge in [0.05, 0.1) is 5.41 Å². The summed E-state index contributed by atoms with van der Waals surface area (Å²) in [5, 5.41) is 2.88. The number of anilines is 1. The molecule has 1 N–H and O–H groups in total. The molecule has 0 bridgehead atoms. The molecule has 1 aromatic carbocycles. The first-order chi connectivity index (χ1) is 8.14. The van der Waals surface area contributed by atoms with Gasteiger partial charge in [-0.3, -0.25) is 4.79 Å². The Labute approximate surface area is 101 Å². The number of amides is 1. The molecule has 0 unspecified atom stereocenters.